The highest BCUT2D eigenvalue weighted by Crippen LogP contribution is 2.36. The van der Waals surface area contributed by atoms with E-state index >= 15 is 0 Å². The molecule has 0 aliphatic heterocycles. The molecular weight excluding hydrogens is 306 g/mol. The molecule has 1 unspecified atom stereocenters. The molecule has 1 atom stereocenters. The summed E-state index contributed by atoms with van der Waals surface area (Å²) in [5.41, 5.74) is 3.49. The third-order valence-corrected chi connectivity index (χ3v) is 3.77. The lowest BCUT2D eigenvalue weighted by Gasteiger charge is -2.18. The van der Waals surface area contributed by atoms with Gasteiger partial charge in [0.2, 0.25) is 0 Å². The van der Waals surface area contributed by atoms with E-state index in [4.69, 9.17) is 15.3 Å². The number of benzene rings is 2. The number of nitrogens with one attached hydrogen (secondary N) is 2. The Morgan fingerprint density at radius 2 is 2.00 bits per heavy atom. The fourth-order valence-electron chi connectivity index (χ4n) is 2.63. The second kappa shape index (κ2) is 9.71. The third-order valence-electron chi connectivity index (χ3n) is 3.77. The number of hydrogen-bond donors (Lipinski definition) is 4. The quantitative estimate of drug-likeness (QED) is 0.255. The van der Waals surface area contributed by atoms with Gasteiger partial charge in [-0.15, -0.1) is 0 Å². The molecule has 0 saturated carbocycles. The molecule has 24 heavy (non-hydrogen) atoms. The maximum atomic E-state index is 5.59. The Morgan fingerprint density at radius 3 is 2.62 bits per heavy atom. The van der Waals surface area contributed by atoms with E-state index in [1.807, 2.05) is 25.2 Å². The Bertz CT molecular complexity index is 681. The van der Waals surface area contributed by atoms with Gasteiger partial charge in [0.25, 0.3) is 0 Å². The summed E-state index contributed by atoms with van der Waals surface area (Å²) < 4.78 is 11.0. The molecule has 2 aromatic carbocycles. The summed E-state index contributed by atoms with van der Waals surface area (Å²) in [5, 5.41) is 5.26. The zero-order chi connectivity index (χ0) is 16.7. The van der Waals surface area contributed by atoms with Gasteiger partial charge in [-0.3, -0.25) is 4.99 Å². The number of methoxy groups -OCH3 is 2. The number of nitrogens with two attached hydrogens (primary N) is 1. The highest BCUT2D eigenvalue weighted by Gasteiger charge is 2.17. The van der Waals surface area contributed by atoms with Crippen molar-refractivity contribution in [3.05, 3.63) is 35.9 Å². The molecule has 0 fully saturated rings. The fourth-order valence-corrected chi connectivity index (χ4v) is 2.63. The minimum absolute atomic E-state index is 0. The van der Waals surface area contributed by atoms with Crippen molar-refractivity contribution >= 4 is 17.1 Å². The first-order valence-corrected chi connectivity index (χ1v) is 7.52. The van der Waals surface area contributed by atoms with Crippen LogP contribution in [0.3, 0.4) is 0 Å². The second-order valence-corrected chi connectivity index (χ2v) is 5.13. The molecule has 0 saturated heterocycles. The number of hydrazine groups is 1. The molecule has 0 aromatic heterocycles. The lowest BCUT2D eigenvalue weighted by atomic mass is 9.98. The Morgan fingerprint density at radius 1 is 1.25 bits per heavy atom. The van der Waals surface area contributed by atoms with Crippen LogP contribution < -0.4 is 32.2 Å². The van der Waals surface area contributed by atoms with E-state index in [-0.39, 0.29) is 13.6 Å². The first-order valence-electron chi connectivity index (χ1n) is 7.52. The van der Waals surface area contributed by atoms with Crippen LogP contribution in [0.2, 0.25) is 0 Å². The molecule has 0 aliphatic carbocycles. The number of hydrogen-bond acceptors (Lipinski definition) is 6. The SMILES string of the molecule is CNCCC(N=CNN)c1cc2cccc(OC)c2cc1OC.N.[HH]. The van der Waals surface area contributed by atoms with E-state index in [1.54, 1.807) is 14.2 Å². The van der Waals surface area contributed by atoms with E-state index < -0.39 is 0 Å². The Hall–Kier alpha value is -2.35. The fraction of sp³-hybridized carbons (Fsp3) is 0.353. The number of fused-ring (bicyclic) bond motifs is 1. The van der Waals surface area contributed by atoms with Crippen molar-refractivity contribution in [2.45, 2.75) is 12.5 Å². The van der Waals surface area contributed by atoms with E-state index in [2.05, 4.69) is 27.9 Å². The summed E-state index contributed by atoms with van der Waals surface area (Å²) in [6, 6.07) is 10.0. The van der Waals surface area contributed by atoms with Crippen molar-refractivity contribution in [3.63, 3.8) is 0 Å². The molecule has 0 aliphatic rings. The maximum Gasteiger partial charge on any atom is 0.126 e. The molecule has 0 radical (unpaired) electrons. The number of aliphatic imine (C=N–C) groups is 1. The summed E-state index contributed by atoms with van der Waals surface area (Å²) in [6.07, 6.45) is 2.34. The normalized spacial score (nSPS) is 12.0. The van der Waals surface area contributed by atoms with Crippen LogP contribution in [0.1, 0.15) is 19.5 Å². The largest absolute Gasteiger partial charge is 0.496 e. The summed E-state index contributed by atoms with van der Waals surface area (Å²) in [4.78, 5) is 4.50. The number of ether oxygens (including phenoxy) is 2. The highest BCUT2D eigenvalue weighted by atomic mass is 16.5. The molecule has 7 heteroatoms. The average molecular weight is 335 g/mol. The van der Waals surface area contributed by atoms with Crippen LogP contribution in [-0.2, 0) is 0 Å². The lowest BCUT2D eigenvalue weighted by Crippen LogP contribution is -2.20. The van der Waals surface area contributed by atoms with E-state index in [9.17, 15) is 0 Å². The van der Waals surface area contributed by atoms with Crippen LogP contribution in [0.4, 0.5) is 0 Å². The summed E-state index contributed by atoms with van der Waals surface area (Å²) >= 11 is 0. The van der Waals surface area contributed by atoms with Crippen molar-refractivity contribution in [1.82, 2.24) is 16.9 Å². The molecule has 0 amide bonds. The zero-order valence-electron chi connectivity index (χ0n) is 14.5. The molecule has 0 heterocycles. The van der Waals surface area contributed by atoms with Gasteiger partial charge in [0, 0.05) is 12.4 Å². The van der Waals surface area contributed by atoms with Crippen molar-refractivity contribution < 1.29 is 10.9 Å². The van der Waals surface area contributed by atoms with Gasteiger partial charge in [0.15, 0.2) is 0 Å². The van der Waals surface area contributed by atoms with Crippen molar-refractivity contribution in [2.24, 2.45) is 10.8 Å². The van der Waals surface area contributed by atoms with Gasteiger partial charge < -0.3 is 26.4 Å². The monoisotopic (exact) mass is 335 g/mol. The van der Waals surface area contributed by atoms with Crippen LogP contribution in [0.5, 0.6) is 11.5 Å². The summed E-state index contributed by atoms with van der Waals surface area (Å²) in [5.74, 6) is 6.93. The lowest BCUT2D eigenvalue weighted by molar-refractivity contribution is 0.403. The van der Waals surface area contributed by atoms with Gasteiger partial charge in [-0.2, -0.15) is 0 Å². The van der Waals surface area contributed by atoms with E-state index in [1.165, 1.54) is 6.34 Å². The zero-order valence-corrected chi connectivity index (χ0v) is 14.5. The highest BCUT2D eigenvalue weighted by molar-refractivity contribution is 5.90. The second-order valence-electron chi connectivity index (χ2n) is 5.13. The molecule has 2 aromatic rings. The van der Waals surface area contributed by atoms with Gasteiger partial charge >= 0.3 is 0 Å². The molecule has 7 N–H and O–H groups in total. The predicted octanol–water partition coefficient (Wildman–Crippen LogP) is 2.41. The van der Waals surface area contributed by atoms with Crippen LogP contribution in [0.25, 0.3) is 10.8 Å². The Labute approximate surface area is 144 Å². The van der Waals surface area contributed by atoms with Crippen LogP contribution >= 0.6 is 0 Å². The summed E-state index contributed by atoms with van der Waals surface area (Å²) in [6.45, 7) is 0.839. The molecule has 134 valence electrons. The van der Waals surface area contributed by atoms with Crippen molar-refractivity contribution in [3.8, 4) is 11.5 Å². The standard InChI is InChI=1S/C17H24N4O2.H3N.H2/c1-19-8-7-15(20-11-21-18)14-9-12-5-4-6-16(22-2)13(12)10-17(14)23-3;;/h4-6,9-11,15,19H,7-8,18H2,1-3H3,(H,20,21);1H3;1H. The molecule has 7 nitrogen and oxygen atoms in total. The molecule has 2 rings (SSSR count). The summed E-state index contributed by atoms with van der Waals surface area (Å²) in [7, 11) is 5.26. The van der Waals surface area contributed by atoms with Gasteiger partial charge in [-0.25, -0.2) is 5.84 Å². The van der Waals surface area contributed by atoms with E-state index in [0.29, 0.717) is 0 Å². The minimum Gasteiger partial charge on any atom is -0.496 e. The number of rotatable bonds is 8. The van der Waals surface area contributed by atoms with Gasteiger partial charge in [0.05, 0.1) is 26.6 Å². The van der Waals surface area contributed by atoms with Crippen molar-refractivity contribution in [1.29, 1.82) is 0 Å². The predicted molar refractivity (Wildman–Crippen MR) is 101 cm³/mol. The first-order chi connectivity index (χ1) is 11.2. The van der Waals surface area contributed by atoms with Crippen molar-refractivity contribution in [2.75, 3.05) is 27.8 Å². The van der Waals surface area contributed by atoms with Gasteiger partial charge in [-0.1, -0.05) is 12.1 Å². The third kappa shape index (κ3) is 4.35. The number of nitrogens with zero attached hydrogens (tertiary/aromatic N) is 1. The van der Waals surface area contributed by atoms with Gasteiger partial charge in [0.1, 0.15) is 11.5 Å². The van der Waals surface area contributed by atoms with Crippen LogP contribution in [-0.4, -0.2) is 34.2 Å². The van der Waals surface area contributed by atoms with Crippen LogP contribution in [0.15, 0.2) is 35.3 Å². The smallest absolute Gasteiger partial charge is 0.126 e. The maximum absolute atomic E-state index is 5.59. The molecular formula is C17H29N5O2. The van der Waals surface area contributed by atoms with Gasteiger partial charge in [-0.05, 0) is 43.6 Å². The average Bonchev–Trinajstić information content (AvgIpc) is 2.60. The Kier molecular flexibility index (Phi) is 7.97. The van der Waals surface area contributed by atoms with Crippen LogP contribution in [0, 0.1) is 0 Å². The minimum atomic E-state index is -0.0518. The molecule has 0 bridgehead atoms. The topological polar surface area (TPSA) is 116 Å². The van der Waals surface area contributed by atoms with E-state index in [0.717, 1.165) is 40.8 Å². The Balaban J connectivity index is 0.00000288. The molecule has 0 spiro atoms. The first kappa shape index (κ1) is 19.7.